The van der Waals surface area contributed by atoms with Crippen molar-refractivity contribution in [3.05, 3.63) is 82.5 Å². The molecule has 0 aliphatic rings. The molecule has 0 fully saturated rings. The molecule has 0 aliphatic heterocycles. The van der Waals surface area contributed by atoms with Gasteiger partial charge >= 0.3 is 11.9 Å². The van der Waals surface area contributed by atoms with E-state index in [0.29, 0.717) is 38.7 Å². The molecule has 2 aromatic carbocycles. The van der Waals surface area contributed by atoms with Crippen LogP contribution < -0.4 is 27.3 Å². The highest BCUT2D eigenvalue weighted by molar-refractivity contribution is 7.98. The molecule has 4 aromatic rings. The molecule has 286 valence electrons. The molecule has 0 bridgehead atoms. The number of rotatable bonds is 20. The minimum absolute atomic E-state index is 0.00516. The van der Waals surface area contributed by atoms with Crippen LogP contribution in [-0.4, -0.2) is 72.5 Å². The Morgan fingerprint density at radius 1 is 0.982 bits per heavy atom. The summed E-state index contributed by atoms with van der Waals surface area (Å²) in [5.41, 5.74) is 19.0. The molecule has 2 heterocycles. The zero-order valence-corrected chi connectivity index (χ0v) is 31.0. The van der Waals surface area contributed by atoms with E-state index in [1.807, 2.05) is 0 Å². The number of carbonyl (C=O) groups excluding carboxylic acids is 4. The number of nitrogen functional groups attached to an aromatic ring is 1. The van der Waals surface area contributed by atoms with Crippen molar-refractivity contribution in [3.63, 3.8) is 0 Å². The summed E-state index contributed by atoms with van der Waals surface area (Å²) < 4.78 is 22.2. The first kappa shape index (κ1) is 41.8. The normalized spacial score (nSPS) is 11.1. The summed E-state index contributed by atoms with van der Waals surface area (Å²) in [6.45, 7) is 6.87. The summed E-state index contributed by atoms with van der Waals surface area (Å²) in [6.07, 6.45) is 0.615. The van der Waals surface area contributed by atoms with Crippen molar-refractivity contribution in [1.82, 2.24) is 15.3 Å². The van der Waals surface area contributed by atoms with Crippen LogP contribution in [0.3, 0.4) is 0 Å². The molecule has 0 saturated heterocycles. The second-order valence-electron chi connectivity index (χ2n) is 11.6. The molecule has 4 rings (SSSR count). The summed E-state index contributed by atoms with van der Waals surface area (Å²) >= 11 is 7.19. The number of aromatic nitrogens is 2. The van der Waals surface area contributed by atoms with Crippen LogP contribution in [0.25, 0.3) is 27.4 Å². The summed E-state index contributed by atoms with van der Waals surface area (Å²) in [6, 6.07) is 15.6. The van der Waals surface area contributed by atoms with Crippen molar-refractivity contribution in [2.75, 3.05) is 38.6 Å². The molecule has 18 heteroatoms. The molecule has 0 saturated carbocycles. The zero-order valence-electron chi connectivity index (χ0n) is 29.4. The first-order valence-corrected chi connectivity index (χ1v) is 18.1. The number of thioether (sulfide) groups is 1. The van der Waals surface area contributed by atoms with Gasteiger partial charge in [0.1, 0.15) is 47.9 Å². The lowest BCUT2D eigenvalue weighted by molar-refractivity contribution is -0.161. The van der Waals surface area contributed by atoms with Crippen molar-refractivity contribution in [2.45, 2.75) is 42.6 Å². The van der Waals surface area contributed by atoms with Crippen LogP contribution in [0.4, 0.5) is 11.5 Å². The van der Waals surface area contributed by atoms with E-state index in [9.17, 15) is 24.4 Å². The molecule has 1 atom stereocenters. The number of anilines is 1. The lowest BCUT2D eigenvalue weighted by Crippen LogP contribution is -2.33. The Kier molecular flexibility index (Phi) is 16.0. The van der Waals surface area contributed by atoms with Crippen molar-refractivity contribution in [1.29, 1.82) is 5.26 Å². The van der Waals surface area contributed by atoms with Gasteiger partial charge in [0, 0.05) is 41.3 Å². The van der Waals surface area contributed by atoms with E-state index in [1.165, 1.54) is 18.0 Å². The van der Waals surface area contributed by atoms with Gasteiger partial charge in [0.25, 0.3) is 0 Å². The highest BCUT2D eigenvalue weighted by Crippen LogP contribution is 2.42. The number of nitriles is 1. The molecule has 2 aromatic heterocycles. The van der Waals surface area contributed by atoms with Crippen LogP contribution in [0.15, 0.2) is 64.2 Å². The van der Waals surface area contributed by atoms with E-state index < -0.39 is 23.9 Å². The maximum Gasteiger partial charge on any atom is 0.307 e. The number of hydrogen-bond acceptors (Lipinski definition) is 15. The Morgan fingerprint density at radius 2 is 1.71 bits per heavy atom. The van der Waals surface area contributed by atoms with Gasteiger partial charge in [-0.2, -0.15) is 5.26 Å². The molecule has 0 aliphatic carbocycles. The summed E-state index contributed by atoms with van der Waals surface area (Å²) in [4.78, 5) is 60.1. The van der Waals surface area contributed by atoms with Crippen LogP contribution >= 0.6 is 23.4 Å². The number of pyridine rings is 1. The highest BCUT2D eigenvalue weighted by Gasteiger charge is 2.22. The molecule has 0 radical (unpaired) electrons. The minimum Gasteiger partial charge on any atom is -0.490 e. The van der Waals surface area contributed by atoms with Crippen LogP contribution in [-0.2, 0) is 34.4 Å². The van der Waals surface area contributed by atoms with E-state index in [-0.39, 0.29) is 86.9 Å². The number of oxazole rings is 1. The number of ketones is 1. The van der Waals surface area contributed by atoms with Crippen molar-refractivity contribution >= 4 is 58.5 Å². The molecule has 55 heavy (non-hydrogen) atoms. The average molecular weight is 789 g/mol. The number of carbonyl (C=O) groups is 4. The smallest absolute Gasteiger partial charge is 0.307 e. The third-order valence-corrected chi connectivity index (χ3v) is 8.86. The van der Waals surface area contributed by atoms with Gasteiger partial charge in [-0.15, -0.1) is 0 Å². The van der Waals surface area contributed by atoms with Gasteiger partial charge in [-0.25, -0.2) is 14.8 Å². The number of nitrogens with two attached hydrogens (primary N) is 3. The lowest BCUT2D eigenvalue weighted by Gasteiger charge is -2.19. The van der Waals surface area contributed by atoms with E-state index in [1.54, 1.807) is 48.5 Å². The summed E-state index contributed by atoms with van der Waals surface area (Å²) in [5, 5.41) is 13.6. The monoisotopic (exact) mass is 788 g/mol. The quantitative estimate of drug-likeness (QED) is 0.0552. The standard InChI is InChI=1S/C37H37ClN8O8S/c1-43-34-33(29(16-40)37(46-35(34)42)55-21-25-18-53-36(45-25)23-5-9-24(38)10-6-23)22-7-11-27(12-8-22)51-19-28(54-32(50)4-2-3-26(47)15-39)20-52-31(49)13-14-44-30(48)17-41/h5-12,18,28H,2-4,13-15,17,19-21,39,41H2,(H2,42,46)(H,44,48)/t28-/m0/s1. The van der Waals surface area contributed by atoms with Crippen molar-refractivity contribution < 1.29 is 37.8 Å². The van der Waals surface area contributed by atoms with E-state index >= 15 is 0 Å². The average Bonchev–Trinajstić information content (AvgIpc) is 3.67. The number of benzene rings is 2. The van der Waals surface area contributed by atoms with Gasteiger partial charge in [0.2, 0.25) is 17.5 Å². The number of Topliss-reactive ketones (excluding diaryl/α,β-unsaturated/α-hetero) is 1. The first-order valence-electron chi connectivity index (χ1n) is 16.8. The summed E-state index contributed by atoms with van der Waals surface area (Å²) in [7, 11) is 0. The second kappa shape index (κ2) is 21.0. The fourth-order valence-corrected chi connectivity index (χ4v) is 5.85. The Labute approximate surface area is 325 Å². The maximum atomic E-state index is 12.5. The van der Waals surface area contributed by atoms with E-state index in [4.69, 9.17) is 54.0 Å². The number of halogens is 1. The third kappa shape index (κ3) is 12.5. The van der Waals surface area contributed by atoms with Gasteiger partial charge in [-0.1, -0.05) is 35.5 Å². The number of nitrogens with zero attached hydrogens (tertiary/aromatic N) is 4. The van der Waals surface area contributed by atoms with Gasteiger partial charge < -0.3 is 41.1 Å². The fourth-order valence-electron chi connectivity index (χ4n) is 4.85. The molecule has 7 N–H and O–H groups in total. The topological polar surface area (TPSA) is 253 Å². The third-order valence-electron chi connectivity index (χ3n) is 7.60. The molecule has 1 amide bonds. The highest BCUT2D eigenvalue weighted by atomic mass is 35.5. The van der Waals surface area contributed by atoms with Gasteiger partial charge in [-0.3, -0.25) is 19.2 Å². The lowest BCUT2D eigenvalue weighted by atomic mass is 10.00. The van der Waals surface area contributed by atoms with E-state index in [2.05, 4.69) is 26.2 Å². The first-order chi connectivity index (χ1) is 26.5. The zero-order chi connectivity index (χ0) is 39.7. The predicted molar refractivity (Wildman–Crippen MR) is 202 cm³/mol. The van der Waals surface area contributed by atoms with Gasteiger partial charge in [-0.05, 0) is 48.4 Å². The number of nitrogens with one attached hydrogen (secondary N) is 1. The van der Waals surface area contributed by atoms with Crippen molar-refractivity contribution in [2.24, 2.45) is 11.5 Å². The van der Waals surface area contributed by atoms with Crippen LogP contribution in [0.1, 0.15) is 36.9 Å². The van der Waals surface area contributed by atoms with Crippen LogP contribution in [0.5, 0.6) is 5.75 Å². The largest absolute Gasteiger partial charge is 0.490 e. The molecular formula is C37H37ClN8O8S. The molecule has 0 unspecified atom stereocenters. The van der Waals surface area contributed by atoms with E-state index in [0.717, 1.165) is 5.56 Å². The predicted octanol–water partition coefficient (Wildman–Crippen LogP) is 4.35. The van der Waals surface area contributed by atoms with Gasteiger partial charge in [0.05, 0.1) is 37.3 Å². The number of ether oxygens (including phenoxy) is 3. The molecule has 16 nitrogen and oxygen atoms in total. The number of hydrogen-bond donors (Lipinski definition) is 4. The fraction of sp³-hybridized carbons (Fsp3) is 0.297. The second-order valence-corrected chi connectivity index (χ2v) is 13.0. The Balaban J connectivity index is 1.46. The minimum atomic E-state index is -1.02. The molecular weight excluding hydrogens is 752 g/mol. The van der Waals surface area contributed by atoms with Crippen LogP contribution in [0.2, 0.25) is 5.02 Å². The summed E-state index contributed by atoms with van der Waals surface area (Å²) in [5.74, 6) is -0.947. The number of esters is 2. The Hall–Kier alpha value is -5.98. The van der Waals surface area contributed by atoms with Crippen molar-refractivity contribution in [3.8, 4) is 34.4 Å². The number of amides is 1. The maximum absolute atomic E-state index is 12.5. The SMILES string of the molecule is [C-]#[N+]c1c(N)nc(SCc2coc(-c3ccc(Cl)cc3)n2)c(C#N)c1-c1ccc(OC[C@@H](COC(=O)CCNC(=O)CN)OC(=O)CCCC(=O)CN)cc1. The Bertz CT molecular complexity index is 2060. The van der Waals surface area contributed by atoms with Crippen LogP contribution in [0, 0.1) is 17.9 Å². The molecule has 0 spiro atoms. The van der Waals surface area contributed by atoms with Gasteiger partial charge in [0.15, 0.2) is 6.10 Å². The Morgan fingerprint density at radius 3 is 2.38 bits per heavy atom.